The summed E-state index contributed by atoms with van der Waals surface area (Å²) in [7, 11) is -2.62. The molecule has 4 rings (SSSR count). The summed E-state index contributed by atoms with van der Waals surface area (Å²) >= 11 is 0. The van der Waals surface area contributed by atoms with E-state index >= 15 is 0 Å². The Morgan fingerprint density at radius 2 is 1.42 bits per heavy atom. The van der Waals surface area contributed by atoms with Crippen LogP contribution in [0.4, 0.5) is 5.69 Å². The predicted octanol–water partition coefficient (Wildman–Crippen LogP) is 5.93. The first-order valence-electron chi connectivity index (χ1n) is 14.7. The predicted molar refractivity (Wildman–Crippen MR) is 175 cm³/mol. The average Bonchev–Trinajstić information content (AvgIpc) is 3.06. The lowest BCUT2D eigenvalue weighted by Crippen LogP contribution is -2.51. The molecule has 0 aliphatic heterocycles. The fourth-order valence-corrected chi connectivity index (χ4v) is 5.99. The Labute approximate surface area is 265 Å². The molecule has 0 aliphatic rings. The molecule has 0 saturated carbocycles. The number of para-hydroxylation sites is 1. The number of benzene rings is 4. The molecule has 4 aromatic rings. The van der Waals surface area contributed by atoms with E-state index in [1.807, 2.05) is 56.3 Å². The summed E-state index contributed by atoms with van der Waals surface area (Å²) in [6.07, 6.45) is 0.734. The highest BCUT2D eigenvalue weighted by molar-refractivity contribution is 7.92. The van der Waals surface area contributed by atoms with Gasteiger partial charge in [-0.3, -0.25) is 13.9 Å². The van der Waals surface area contributed by atoms with Crippen molar-refractivity contribution in [1.82, 2.24) is 10.2 Å². The van der Waals surface area contributed by atoms with Crippen molar-refractivity contribution in [1.29, 1.82) is 0 Å². The Kier molecular flexibility index (Phi) is 11.2. The number of hydrogen-bond acceptors (Lipinski definition) is 6. The Morgan fingerprint density at radius 1 is 0.822 bits per heavy atom. The Balaban J connectivity index is 1.69. The van der Waals surface area contributed by atoms with Crippen LogP contribution >= 0.6 is 0 Å². The summed E-state index contributed by atoms with van der Waals surface area (Å²) in [4.78, 5) is 28.6. The van der Waals surface area contributed by atoms with Crippen molar-refractivity contribution < 1.29 is 27.5 Å². The standard InChI is InChI=1S/C35H39N3O6S/c1-5-23-36-35(40)27(3)37(24-28-13-17-30(43-4)18-14-28)34(39)25-38(45(41,42)33-21-11-26(2)12-22-33)29-15-19-32(20-16-29)44-31-9-7-6-8-10-31/h6-22,27H,5,23-25H2,1-4H3,(H,36,40)/t27-/m1/s1. The largest absolute Gasteiger partial charge is 0.497 e. The Morgan fingerprint density at radius 3 is 2.02 bits per heavy atom. The summed E-state index contributed by atoms with van der Waals surface area (Å²) in [5.74, 6) is 0.931. The van der Waals surface area contributed by atoms with Gasteiger partial charge in [-0.15, -0.1) is 0 Å². The molecule has 4 aromatic carbocycles. The molecule has 0 aromatic heterocycles. The highest BCUT2D eigenvalue weighted by Gasteiger charge is 2.32. The smallest absolute Gasteiger partial charge is 0.264 e. The molecule has 0 heterocycles. The lowest BCUT2D eigenvalue weighted by molar-refractivity contribution is -0.139. The zero-order chi connectivity index (χ0) is 32.4. The molecule has 236 valence electrons. The number of nitrogens with one attached hydrogen (secondary N) is 1. The van der Waals surface area contributed by atoms with Crippen molar-refractivity contribution in [3.05, 3.63) is 114 Å². The summed E-state index contributed by atoms with van der Waals surface area (Å²) in [6, 6.07) is 28.5. The lowest BCUT2D eigenvalue weighted by atomic mass is 10.1. The van der Waals surface area contributed by atoms with E-state index in [0.29, 0.717) is 23.8 Å². The maximum absolute atomic E-state index is 14.1. The summed E-state index contributed by atoms with van der Waals surface area (Å²) in [6.45, 7) is 5.46. The van der Waals surface area contributed by atoms with Gasteiger partial charge in [0, 0.05) is 13.1 Å². The van der Waals surface area contributed by atoms with E-state index in [1.54, 1.807) is 62.6 Å². The van der Waals surface area contributed by atoms with Gasteiger partial charge in [-0.2, -0.15) is 0 Å². The fraction of sp³-hybridized carbons (Fsp3) is 0.257. The molecule has 0 radical (unpaired) electrons. The molecule has 2 amide bonds. The minimum absolute atomic E-state index is 0.0425. The van der Waals surface area contributed by atoms with E-state index in [9.17, 15) is 18.0 Å². The number of methoxy groups -OCH3 is 1. The number of carbonyl (C=O) groups is 2. The van der Waals surface area contributed by atoms with Crippen molar-refractivity contribution >= 4 is 27.5 Å². The highest BCUT2D eigenvalue weighted by atomic mass is 32.2. The van der Waals surface area contributed by atoms with Crippen LogP contribution in [0.5, 0.6) is 17.2 Å². The van der Waals surface area contributed by atoms with Gasteiger partial charge in [-0.25, -0.2) is 8.42 Å². The van der Waals surface area contributed by atoms with E-state index < -0.39 is 28.5 Å². The molecule has 45 heavy (non-hydrogen) atoms. The summed E-state index contributed by atoms with van der Waals surface area (Å²) in [5, 5.41) is 2.85. The number of amides is 2. The molecule has 1 atom stereocenters. The topological polar surface area (TPSA) is 105 Å². The number of rotatable bonds is 14. The molecule has 0 aliphatic carbocycles. The third-order valence-corrected chi connectivity index (χ3v) is 9.01. The highest BCUT2D eigenvalue weighted by Crippen LogP contribution is 2.29. The molecule has 0 spiro atoms. The molecule has 0 unspecified atom stereocenters. The van der Waals surface area contributed by atoms with E-state index in [2.05, 4.69) is 5.32 Å². The first-order valence-corrected chi connectivity index (χ1v) is 16.2. The first-order chi connectivity index (χ1) is 21.6. The second kappa shape index (κ2) is 15.3. The number of aryl methyl sites for hydroxylation is 1. The normalized spacial score (nSPS) is 11.7. The van der Waals surface area contributed by atoms with Gasteiger partial charge in [0.1, 0.15) is 29.8 Å². The van der Waals surface area contributed by atoms with Gasteiger partial charge in [0.2, 0.25) is 11.8 Å². The monoisotopic (exact) mass is 629 g/mol. The van der Waals surface area contributed by atoms with Crippen LogP contribution in [-0.2, 0) is 26.2 Å². The van der Waals surface area contributed by atoms with E-state index in [1.165, 1.54) is 17.0 Å². The molecule has 0 bridgehead atoms. The van der Waals surface area contributed by atoms with Crippen LogP contribution in [-0.4, -0.2) is 51.4 Å². The summed E-state index contributed by atoms with van der Waals surface area (Å²) < 4.78 is 40.4. The Hall–Kier alpha value is -4.83. The molecule has 0 fully saturated rings. The van der Waals surface area contributed by atoms with Gasteiger partial charge in [0.15, 0.2) is 0 Å². The van der Waals surface area contributed by atoms with Crippen molar-refractivity contribution in [2.24, 2.45) is 0 Å². The van der Waals surface area contributed by atoms with Crippen LogP contribution in [0.15, 0.2) is 108 Å². The number of hydrogen-bond donors (Lipinski definition) is 1. The van der Waals surface area contributed by atoms with Crippen LogP contribution < -0.4 is 19.1 Å². The second-order valence-electron chi connectivity index (χ2n) is 10.6. The molecular weight excluding hydrogens is 590 g/mol. The summed E-state index contributed by atoms with van der Waals surface area (Å²) in [5.41, 5.74) is 1.93. The van der Waals surface area contributed by atoms with Crippen molar-refractivity contribution in [3.63, 3.8) is 0 Å². The number of ether oxygens (including phenoxy) is 2. The minimum atomic E-state index is -4.19. The van der Waals surface area contributed by atoms with E-state index in [4.69, 9.17) is 9.47 Å². The lowest BCUT2D eigenvalue weighted by Gasteiger charge is -2.32. The van der Waals surface area contributed by atoms with Crippen LogP contribution in [0.1, 0.15) is 31.4 Å². The minimum Gasteiger partial charge on any atom is -0.497 e. The van der Waals surface area contributed by atoms with Crippen molar-refractivity contribution in [2.75, 3.05) is 24.5 Å². The van der Waals surface area contributed by atoms with Crippen molar-refractivity contribution in [3.8, 4) is 17.2 Å². The van der Waals surface area contributed by atoms with Gasteiger partial charge in [-0.05, 0) is 86.5 Å². The van der Waals surface area contributed by atoms with Gasteiger partial charge >= 0.3 is 0 Å². The Bertz CT molecular complexity index is 1660. The number of sulfonamides is 1. The maximum Gasteiger partial charge on any atom is 0.264 e. The van der Waals surface area contributed by atoms with Gasteiger partial charge in [-0.1, -0.05) is 55.0 Å². The van der Waals surface area contributed by atoms with Crippen LogP contribution in [0.2, 0.25) is 0 Å². The quantitative estimate of drug-likeness (QED) is 0.185. The maximum atomic E-state index is 14.1. The van der Waals surface area contributed by atoms with Crippen molar-refractivity contribution in [2.45, 2.75) is 44.7 Å². The van der Waals surface area contributed by atoms with Crippen LogP contribution in [0, 0.1) is 6.92 Å². The molecule has 0 saturated heterocycles. The first kappa shape index (κ1) is 33.1. The van der Waals surface area contributed by atoms with E-state index in [0.717, 1.165) is 21.9 Å². The molecule has 9 nitrogen and oxygen atoms in total. The molecule has 1 N–H and O–H groups in total. The molecule has 10 heteroatoms. The van der Waals surface area contributed by atoms with Gasteiger partial charge in [0.25, 0.3) is 10.0 Å². The second-order valence-corrected chi connectivity index (χ2v) is 12.4. The van der Waals surface area contributed by atoms with Gasteiger partial charge in [0.05, 0.1) is 17.7 Å². The SMILES string of the molecule is CCCNC(=O)[C@@H](C)N(Cc1ccc(OC)cc1)C(=O)CN(c1ccc(Oc2ccccc2)cc1)S(=O)(=O)c1ccc(C)cc1. The van der Waals surface area contributed by atoms with Gasteiger partial charge < -0.3 is 19.7 Å². The van der Waals surface area contributed by atoms with Crippen LogP contribution in [0.25, 0.3) is 0 Å². The number of carbonyl (C=O) groups excluding carboxylic acids is 2. The third-order valence-electron chi connectivity index (χ3n) is 7.22. The van der Waals surface area contributed by atoms with Crippen LogP contribution in [0.3, 0.4) is 0 Å². The fourth-order valence-electron chi connectivity index (χ4n) is 4.58. The zero-order valence-corrected chi connectivity index (χ0v) is 26.8. The number of anilines is 1. The third kappa shape index (κ3) is 8.63. The molecular formula is C35H39N3O6S. The average molecular weight is 630 g/mol. The number of nitrogens with zero attached hydrogens (tertiary/aromatic N) is 2. The zero-order valence-electron chi connectivity index (χ0n) is 26.0. The van der Waals surface area contributed by atoms with E-state index in [-0.39, 0.29) is 23.0 Å².